The minimum absolute atomic E-state index is 0.0708. The highest BCUT2D eigenvalue weighted by Gasteiger charge is 2.46. The monoisotopic (exact) mass is 355 g/mol. The smallest absolute Gasteiger partial charge is 0.308 e. The van der Waals surface area contributed by atoms with Crippen LogP contribution in [0, 0.1) is 17.8 Å². The Balaban J connectivity index is 1.44. The average Bonchev–Trinajstić information content (AvgIpc) is 3.39. The highest BCUT2D eigenvalue weighted by Crippen LogP contribution is 2.44. The van der Waals surface area contributed by atoms with Gasteiger partial charge in [0.25, 0.3) is 5.56 Å². The Labute approximate surface area is 150 Å². The highest BCUT2D eigenvalue weighted by molar-refractivity contribution is 5.79. The zero-order valence-corrected chi connectivity index (χ0v) is 14.4. The van der Waals surface area contributed by atoms with Gasteiger partial charge in [0.05, 0.1) is 23.1 Å². The van der Waals surface area contributed by atoms with Crippen molar-refractivity contribution in [3.63, 3.8) is 0 Å². The minimum atomic E-state index is -0.813. The molecule has 2 atom stereocenters. The van der Waals surface area contributed by atoms with Crippen LogP contribution in [0.15, 0.2) is 35.4 Å². The number of para-hydroxylation sites is 1. The second-order valence-corrected chi connectivity index (χ2v) is 7.26. The molecule has 136 valence electrons. The van der Waals surface area contributed by atoms with E-state index in [4.69, 9.17) is 0 Å². The SMILES string of the molecule is O=C(O)[C@H]1CN(C(=O)CCn2cnc3ccccc3c2=O)C[C@@H]1C1CC1. The molecule has 26 heavy (non-hydrogen) atoms. The van der Waals surface area contributed by atoms with E-state index in [9.17, 15) is 19.5 Å². The summed E-state index contributed by atoms with van der Waals surface area (Å²) in [6, 6.07) is 7.11. The zero-order chi connectivity index (χ0) is 18.3. The molecule has 7 nitrogen and oxygen atoms in total. The van der Waals surface area contributed by atoms with Crippen LogP contribution in [0.25, 0.3) is 10.9 Å². The third-order valence-corrected chi connectivity index (χ3v) is 5.56. The summed E-state index contributed by atoms with van der Waals surface area (Å²) in [7, 11) is 0. The number of carboxylic acid groups (broad SMARTS) is 1. The van der Waals surface area contributed by atoms with E-state index in [1.165, 1.54) is 10.9 Å². The molecule has 0 bridgehead atoms. The molecule has 0 radical (unpaired) electrons. The van der Waals surface area contributed by atoms with Gasteiger partial charge in [-0.15, -0.1) is 0 Å². The maximum Gasteiger partial charge on any atom is 0.308 e. The molecule has 1 N–H and O–H groups in total. The number of benzene rings is 1. The molecule has 1 saturated heterocycles. The van der Waals surface area contributed by atoms with Gasteiger partial charge in [0, 0.05) is 26.1 Å². The van der Waals surface area contributed by atoms with Crippen molar-refractivity contribution >= 4 is 22.8 Å². The van der Waals surface area contributed by atoms with Crippen molar-refractivity contribution < 1.29 is 14.7 Å². The number of carboxylic acids is 1. The number of amides is 1. The largest absolute Gasteiger partial charge is 0.481 e. The van der Waals surface area contributed by atoms with E-state index in [0.717, 1.165) is 12.8 Å². The number of fused-ring (bicyclic) bond motifs is 1. The maximum absolute atomic E-state index is 12.5. The Bertz CT molecular complexity index is 918. The van der Waals surface area contributed by atoms with Crippen LogP contribution in [0.4, 0.5) is 0 Å². The second kappa shape index (κ2) is 6.55. The van der Waals surface area contributed by atoms with E-state index in [2.05, 4.69) is 4.98 Å². The van der Waals surface area contributed by atoms with Crippen LogP contribution in [-0.4, -0.2) is 44.5 Å². The summed E-state index contributed by atoms with van der Waals surface area (Å²) < 4.78 is 1.45. The number of hydrogen-bond donors (Lipinski definition) is 1. The van der Waals surface area contributed by atoms with Crippen molar-refractivity contribution in [2.24, 2.45) is 17.8 Å². The van der Waals surface area contributed by atoms with Gasteiger partial charge in [0.15, 0.2) is 0 Å². The fraction of sp³-hybridized carbons (Fsp3) is 0.474. The van der Waals surface area contributed by atoms with E-state index in [0.29, 0.717) is 23.4 Å². The van der Waals surface area contributed by atoms with Gasteiger partial charge in [-0.3, -0.25) is 19.0 Å². The quantitative estimate of drug-likeness (QED) is 0.874. The number of aromatic nitrogens is 2. The molecule has 2 heterocycles. The molecule has 2 aliphatic rings. The number of hydrogen-bond acceptors (Lipinski definition) is 4. The number of likely N-dealkylation sites (tertiary alicyclic amines) is 1. The molecule has 1 aromatic carbocycles. The number of rotatable bonds is 5. The van der Waals surface area contributed by atoms with Gasteiger partial charge in [-0.2, -0.15) is 0 Å². The molecule has 7 heteroatoms. The molecule has 0 unspecified atom stereocenters. The summed E-state index contributed by atoms with van der Waals surface area (Å²) in [6.07, 6.45) is 3.77. The molecule has 1 aliphatic carbocycles. The Morgan fingerprint density at radius 3 is 2.69 bits per heavy atom. The lowest BCUT2D eigenvalue weighted by atomic mass is 9.92. The van der Waals surface area contributed by atoms with E-state index in [1.54, 1.807) is 23.1 Å². The Kier molecular flexibility index (Phi) is 4.22. The third-order valence-electron chi connectivity index (χ3n) is 5.56. The van der Waals surface area contributed by atoms with E-state index in [-0.39, 0.29) is 36.9 Å². The van der Waals surface area contributed by atoms with Crippen LogP contribution < -0.4 is 5.56 Å². The lowest BCUT2D eigenvalue weighted by molar-refractivity contribution is -0.142. The minimum Gasteiger partial charge on any atom is -0.481 e. The van der Waals surface area contributed by atoms with Gasteiger partial charge >= 0.3 is 5.97 Å². The van der Waals surface area contributed by atoms with Crippen molar-refractivity contribution in [3.05, 3.63) is 40.9 Å². The Morgan fingerprint density at radius 1 is 1.19 bits per heavy atom. The topological polar surface area (TPSA) is 92.5 Å². The predicted molar refractivity (Wildman–Crippen MR) is 94.5 cm³/mol. The van der Waals surface area contributed by atoms with Crippen molar-refractivity contribution in [1.82, 2.24) is 14.5 Å². The number of aryl methyl sites for hydroxylation is 1. The molecule has 2 fully saturated rings. The fourth-order valence-electron chi connectivity index (χ4n) is 3.94. The van der Waals surface area contributed by atoms with E-state index in [1.807, 2.05) is 6.07 Å². The summed E-state index contributed by atoms with van der Waals surface area (Å²) in [5.41, 5.74) is 0.472. The van der Waals surface area contributed by atoms with Crippen molar-refractivity contribution in [3.8, 4) is 0 Å². The van der Waals surface area contributed by atoms with Crippen LogP contribution >= 0.6 is 0 Å². The molecular formula is C19H21N3O4. The molecule has 4 rings (SSSR count). The molecule has 1 saturated carbocycles. The summed E-state index contributed by atoms with van der Waals surface area (Å²) in [4.78, 5) is 42.4. The maximum atomic E-state index is 12.5. The fourth-order valence-corrected chi connectivity index (χ4v) is 3.94. The third kappa shape index (κ3) is 3.09. The zero-order valence-electron chi connectivity index (χ0n) is 14.4. The van der Waals surface area contributed by atoms with Gasteiger partial charge in [-0.1, -0.05) is 12.1 Å². The normalized spacial score (nSPS) is 22.7. The van der Waals surface area contributed by atoms with Gasteiger partial charge < -0.3 is 10.0 Å². The van der Waals surface area contributed by atoms with E-state index >= 15 is 0 Å². The van der Waals surface area contributed by atoms with Crippen LogP contribution in [0.3, 0.4) is 0 Å². The summed E-state index contributed by atoms with van der Waals surface area (Å²) in [5, 5.41) is 9.94. The Hall–Kier alpha value is -2.70. The molecule has 2 aromatic rings. The molecule has 0 spiro atoms. The number of carbonyl (C=O) groups excluding carboxylic acids is 1. The first-order valence-electron chi connectivity index (χ1n) is 8.99. The van der Waals surface area contributed by atoms with Crippen molar-refractivity contribution in [1.29, 1.82) is 0 Å². The second-order valence-electron chi connectivity index (χ2n) is 7.26. The average molecular weight is 355 g/mol. The summed E-state index contributed by atoms with van der Waals surface area (Å²) >= 11 is 0. The van der Waals surface area contributed by atoms with Crippen molar-refractivity contribution in [2.75, 3.05) is 13.1 Å². The summed E-state index contributed by atoms with van der Waals surface area (Å²) in [5.74, 6) is -0.856. The summed E-state index contributed by atoms with van der Waals surface area (Å²) in [6.45, 7) is 1.05. The highest BCUT2D eigenvalue weighted by atomic mass is 16.4. The van der Waals surface area contributed by atoms with E-state index < -0.39 is 11.9 Å². The van der Waals surface area contributed by atoms with Crippen molar-refractivity contribution in [2.45, 2.75) is 25.8 Å². The van der Waals surface area contributed by atoms with Gasteiger partial charge in [-0.05, 0) is 36.8 Å². The van der Waals surface area contributed by atoms with Crippen LogP contribution in [-0.2, 0) is 16.1 Å². The van der Waals surface area contributed by atoms with Crippen LogP contribution in [0.1, 0.15) is 19.3 Å². The predicted octanol–water partition coefficient (Wildman–Crippen LogP) is 1.36. The van der Waals surface area contributed by atoms with Crippen LogP contribution in [0.5, 0.6) is 0 Å². The standard InChI is InChI=1S/C19H21N3O4/c23-17(22-9-14(12-5-6-12)15(10-22)19(25)26)7-8-21-11-20-16-4-2-1-3-13(16)18(21)24/h1-4,11-12,14-15H,5-10H2,(H,25,26)/t14-,15+/m1/s1. The Morgan fingerprint density at radius 2 is 1.96 bits per heavy atom. The van der Waals surface area contributed by atoms with Gasteiger partial charge in [0.2, 0.25) is 5.91 Å². The molecule has 1 aliphatic heterocycles. The van der Waals surface area contributed by atoms with Gasteiger partial charge in [-0.25, -0.2) is 4.98 Å². The molecule has 1 aromatic heterocycles. The lowest BCUT2D eigenvalue weighted by Crippen LogP contribution is -2.32. The number of carbonyl (C=O) groups is 2. The molecule has 1 amide bonds. The van der Waals surface area contributed by atoms with Crippen LogP contribution in [0.2, 0.25) is 0 Å². The lowest BCUT2D eigenvalue weighted by Gasteiger charge is -2.16. The number of aliphatic carboxylic acids is 1. The molecular weight excluding hydrogens is 334 g/mol. The first-order chi connectivity index (χ1) is 12.5. The number of nitrogens with zero attached hydrogens (tertiary/aromatic N) is 3. The first-order valence-corrected chi connectivity index (χ1v) is 8.99. The first kappa shape index (κ1) is 16.8. The van der Waals surface area contributed by atoms with Gasteiger partial charge in [0.1, 0.15) is 0 Å².